The van der Waals surface area contributed by atoms with Gasteiger partial charge in [-0.15, -0.1) is 0 Å². The Hall–Kier alpha value is -1.88. The quantitative estimate of drug-likeness (QED) is 0.762. The van der Waals surface area contributed by atoms with Crippen LogP contribution in [-0.4, -0.2) is 30.1 Å². The van der Waals surface area contributed by atoms with E-state index in [4.69, 9.17) is 0 Å². The predicted molar refractivity (Wildman–Crippen MR) is 81.5 cm³/mol. The van der Waals surface area contributed by atoms with Crippen molar-refractivity contribution < 1.29 is 14.7 Å². The van der Waals surface area contributed by atoms with Crippen LogP contribution in [0.1, 0.15) is 33.3 Å². The molecule has 0 saturated heterocycles. The van der Waals surface area contributed by atoms with Crippen molar-refractivity contribution in [3.63, 3.8) is 0 Å². The van der Waals surface area contributed by atoms with Crippen molar-refractivity contribution in [2.24, 2.45) is 5.41 Å². The van der Waals surface area contributed by atoms with E-state index in [1.165, 1.54) is 0 Å². The van der Waals surface area contributed by atoms with Gasteiger partial charge in [0.25, 0.3) is 0 Å². The molecule has 21 heavy (non-hydrogen) atoms. The molecule has 0 aromatic heterocycles. The van der Waals surface area contributed by atoms with Crippen LogP contribution in [0.4, 0.5) is 0 Å². The van der Waals surface area contributed by atoms with Crippen molar-refractivity contribution in [3.05, 3.63) is 35.9 Å². The molecule has 116 valence electrons. The molecule has 5 nitrogen and oxygen atoms in total. The van der Waals surface area contributed by atoms with Gasteiger partial charge in [0.05, 0.1) is 18.7 Å². The molecule has 0 aliphatic rings. The summed E-state index contributed by atoms with van der Waals surface area (Å²) in [5.41, 5.74) is -0.604. The molecule has 1 unspecified atom stereocenters. The number of aliphatic hydroxyl groups excluding tert-OH is 1. The highest BCUT2D eigenvalue weighted by Gasteiger charge is 2.28. The number of carbonyl (C=O) groups excluding carboxylic acids is 2. The summed E-state index contributed by atoms with van der Waals surface area (Å²) in [4.78, 5) is 23.7. The normalized spacial score (nSPS) is 14.1. The lowest BCUT2D eigenvalue weighted by Gasteiger charge is -2.29. The zero-order valence-electron chi connectivity index (χ0n) is 13.1. The maximum absolute atomic E-state index is 12.0. The fourth-order valence-corrected chi connectivity index (χ4v) is 1.79. The van der Waals surface area contributed by atoms with E-state index in [9.17, 15) is 14.7 Å². The summed E-state index contributed by atoms with van der Waals surface area (Å²) in [7, 11) is 0. The second-order valence-electron chi connectivity index (χ2n) is 6.34. The van der Waals surface area contributed by atoms with E-state index in [1.54, 1.807) is 27.7 Å². The number of hydrogen-bond acceptors (Lipinski definition) is 3. The van der Waals surface area contributed by atoms with Crippen molar-refractivity contribution in [1.82, 2.24) is 10.6 Å². The van der Waals surface area contributed by atoms with Gasteiger partial charge in [0.15, 0.2) is 0 Å². The number of nitrogens with one attached hydrogen (secondary N) is 2. The van der Waals surface area contributed by atoms with Crippen molar-refractivity contribution >= 4 is 11.8 Å². The Morgan fingerprint density at radius 2 is 1.67 bits per heavy atom. The average molecular weight is 292 g/mol. The van der Waals surface area contributed by atoms with E-state index in [0.717, 1.165) is 5.56 Å². The lowest BCUT2D eigenvalue weighted by Crippen LogP contribution is -2.50. The molecule has 2 amide bonds. The first-order valence-corrected chi connectivity index (χ1v) is 6.95. The third-order valence-electron chi connectivity index (χ3n) is 3.23. The Morgan fingerprint density at radius 1 is 1.10 bits per heavy atom. The Kier molecular flexibility index (Phi) is 5.49. The largest absolute Gasteiger partial charge is 0.394 e. The highest BCUT2D eigenvalue weighted by Crippen LogP contribution is 2.19. The summed E-state index contributed by atoms with van der Waals surface area (Å²) in [5.74, 6) is -0.531. The fraction of sp³-hybridized carbons (Fsp3) is 0.500. The SMILES string of the molecule is CC(C)(C)C(=O)NCC(=O)NC(C)(CO)c1ccccc1. The lowest BCUT2D eigenvalue weighted by atomic mass is 9.93. The van der Waals surface area contributed by atoms with Crippen molar-refractivity contribution in [3.8, 4) is 0 Å². The fourth-order valence-electron chi connectivity index (χ4n) is 1.79. The minimum absolute atomic E-state index is 0.113. The molecule has 5 heteroatoms. The first kappa shape index (κ1) is 17.2. The van der Waals surface area contributed by atoms with Gasteiger partial charge < -0.3 is 15.7 Å². The third-order valence-corrected chi connectivity index (χ3v) is 3.23. The summed E-state index contributed by atoms with van der Waals surface area (Å²) >= 11 is 0. The van der Waals surface area contributed by atoms with Gasteiger partial charge in [0, 0.05) is 5.41 Å². The maximum Gasteiger partial charge on any atom is 0.240 e. The molecular weight excluding hydrogens is 268 g/mol. The van der Waals surface area contributed by atoms with E-state index in [-0.39, 0.29) is 25.0 Å². The molecule has 0 fully saturated rings. The van der Waals surface area contributed by atoms with Crippen molar-refractivity contribution in [1.29, 1.82) is 0 Å². The van der Waals surface area contributed by atoms with Gasteiger partial charge >= 0.3 is 0 Å². The maximum atomic E-state index is 12.0. The van der Waals surface area contributed by atoms with E-state index >= 15 is 0 Å². The predicted octanol–water partition coefficient (Wildman–Crippen LogP) is 1.17. The van der Waals surface area contributed by atoms with Crippen LogP contribution in [0.5, 0.6) is 0 Å². The molecule has 0 heterocycles. The highest BCUT2D eigenvalue weighted by atomic mass is 16.3. The van der Waals surface area contributed by atoms with Crippen LogP contribution >= 0.6 is 0 Å². The van der Waals surface area contributed by atoms with E-state index < -0.39 is 11.0 Å². The summed E-state index contributed by atoms with van der Waals surface area (Å²) in [6.07, 6.45) is 0. The number of benzene rings is 1. The Balaban J connectivity index is 2.66. The molecule has 0 bridgehead atoms. The van der Waals surface area contributed by atoms with Gasteiger partial charge in [0.1, 0.15) is 0 Å². The number of amides is 2. The first-order valence-electron chi connectivity index (χ1n) is 6.95. The zero-order chi connectivity index (χ0) is 16.1. The minimum atomic E-state index is -0.870. The van der Waals surface area contributed by atoms with E-state index in [2.05, 4.69) is 10.6 Å². The number of hydrogen-bond donors (Lipinski definition) is 3. The van der Waals surface area contributed by atoms with Gasteiger partial charge in [-0.25, -0.2) is 0 Å². The molecule has 0 aliphatic carbocycles. The molecule has 1 aromatic carbocycles. The summed E-state index contributed by atoms with van der Waals surface area (Å²) in [6, 6.07) is 9.23. The molecule has 0 spiro atoms. The van der Waals surface area contributed by atoms with Crippen LogP contribution in [0.3, 0.4) is 0 Å². The minimum Gasteiger partial charge on any atom is -0.394 e. The summed E-state index contributed by atoms with van der Waals surface area (Å²) in [5, 5.41) is 14.9. The van der Waals surface area contributed by atoms with Crippen molar-refractivity contribution in [2.45, 2.75) is 33.2 Å². The van der Waals surface area contributed by atoms with Gasteiger partial charge in [-0.05, 0) is 12.5 Å². The number of carbonyl (C=O) groups is 2. The molecule has 1 rings (SSSR count). The Bertz CT molecular complexity index is 494. The van der Waals surface area contributed by atoms with Crippen LogP contribution < -0.4 is 10.6 Å². The molecule has 0 radical (unpaired) electrons. The first-order chi connectivity index (χ1) is 9.69. The summed E-state index contributed by atoms with van der Waals surface area (Å²) < 4.78 is 0. The van der Waals surface area contributed by atoms with Gasteiger partial charge in [-0.3, -0.25) is 9.59 Å². The van der Waals surface area contributed by atoms with Crippen LogP contribution in [0.25, 0.3) is 0 Å². The number of aliphatic hydroxyl groups is 1. The van der Waals surface area contributed by atoms with Crippen LogP contribution in [-0.2, 0) is 15.1 Å². The average Bonchev–Trinajstić information content (AvgIpc) is 2.44. The van der Waals surface area contributed by atoms with Gasteiger partial charge in [-0.1, -0.05) is 51.1 Å². The summed E-state index contributed by atoms with van der Waals surface area (Å²) in [6.45, 7) is 6.74. The monoisotopic (exact) mass is 292 g/mol. The second kappa shape index (κ2) is 6.72. The molecule has 0 aliphatic heterocycles. The van der Waals surface area contributed by atoms with E-state index in [1.807, 2.05) is 30.3 Å². The van der Waals surface area contributed by atoms with Crippen LogP contribution in [0.15, 0.2) is 30.3 Å². The lowest BCUT2D eigenvalue weighted by molar-refractivity contribution is -0.131. The zero-order valence-corrected chi connectivity index (χ0v) is 13.1. The smallest absolute Gasteiger partial charge is 0.240 e. The molecule has 0 saturated carbocycles. The molecular formula is C16H24N2O3. The molecule has 3 N–H and O–H groups in total. The highest BCUT2D eigenvalue weighted by molar-refractivity contribution is 5.87. The Morgan fingerprint density at radius 3 is 2.14 bits per heavy atom. The standard InChI is InChI=1S/C16H24N2O3/c1-15(2,3)14(21)17-10-13(20)18-16(4,11-19)12-8-6-5-7-9-12/h5-9,19H,10-11H2,1-4H3,(H,17,21)(H,18,20). The van der Waals surface area contributed by atoms with Crippen molar-refractivity contribution in [2.75, 3.05) is 13.2 Å². The van der Waals surface area contributed by atoms with Gasteiger partial charge in [-0.2, -0.15) is 0 Å². The molecule has 1 aromatic rings. The topological polar surface area (TPSA) is 78.4 Å². The third kappa shape index (κ3) is 4.86. The van der Waals surface area contributed by atoms with Crippen LogP contribution in [0.2, 0.25) is 0 Å². The second-order valence-corrected chi connectivity index (χ2v) is 6.34. The number of rotatable bonds is 5. The Labute approximate surface area is 125 Å². The van der Waals surface area contributed by atoms with Crippen LogP contribution in [0, 0.1) is 5.41 Å². The van der Waals surface area contributed by atoms with Gasteiger partial charge in [0.2, 0.25) is 11.8 Å². The molecule has 1 atom stereocenters. The van der Waals surface area contributed by atoms with E-state index in [0.29, 0.717) is 0 Å².